The van der Waals surface area contributed by atoms with Crippen LogP contribution >= 0.6 is 0 Å². The molecular formula is C10H15NO6. The van der Waals surface area contributed by atoms with Crippen LogP contribution in [0.15, 0.2) is 12.7 Å². The number of carbonyl (C=O) groups excluding carboxylic acids is 3. The second-order valence-corrected chi connectivity index (χ2v) is 2.77. The Labute approximate surface area is 98.7 Å². The van der Waals surface area contributed by atoms with Crippen LogP contribution in [-0.2, 0) is 23.8 Å². The topological polar surface area (TPSA) is 90.9 Å². The van der Waals surface area contributed by atoms with Crippen molar-refractivity contribution in [3.63, 3.8) is 0 Å². The molecule has 1 amide bonds. The number of nitrogens with one attached hydrogen (secondary N) is 1. The van der Waals surface area contributed by atoms with Gasteiger partial charge in [0, 0.05) is 13.0 Å². The van der Waals surface area contributed by atoms with Crippen LogP contribution in [0, 0.1) is 0 Å². The van der Waals surface area contributed by atoms with Gasteiger partial charge in [0.05, 0.1) is 6.54 Å². The predicted molar refractivity (Wildman–Crippen MR) is 57.1 cm³/mol. The molecular weight excluding hydrogens is 230 g/mol. The number of ether oxygens (including phenoxy) is 3. The molecule has 0 heterocycles. The Bertz CT molecular complexity index is 289. The zero-order valence-corrected chi connectivity index (χ0v) is 9.56. The van der Waals surface area contributed by atoms with Crippen molar-refractivity contribution in [1.82, 2.24) is 5.32 Å². The highest BCUT2D eigenvalue weighted by Crippen LogP contribution is 1.82. The maximum atomic E-state index is 11.0. The zero-order valence-electron chi connectivity index (χ0n) is 9.56. The van der Waals surface area contributed by atoms with Gasteiger partial charge < -0.3 is 19.5 Å². The maximum Gasteiger partial charge on any atom is 0.407 e. The first-order valence-corrected chi connectivity index (χ1v) is 4.89. The lowest BCUT2D eigenvalue weighted by Gasteiger charge is -2.06. The van der Waals surface area contributed by atoms with Gasteiger partial charge in [-0.15, -0.1) is 0 Å². The van der Waals surface area contributed by atoms with E-state index in [-0.39, 0.29) is 26.4 Å². The average molecular weight is 245 g/mol. The van der Waals surface area contributed by atoms with Crippen LogP contribution in [0.4, 0.5) is 4.79 Å². The minimum Gasteiger partial charge on any atom is -0.462 e. The molecule has 0 rings (SSSR count). The minimum atomic E-state index is -0.674. The fourth-order valence-corrected chi connectivity index (χ4v) is 0.734. The summed E-state index contributed by atoms with van der Waals surface area (Å²) in [6.07, 6.45) is 0.351. The van der Waals surface area contributed by atoms with Gasteiger partial charge in [-0.3, -0.25) is 4.79 Å². The Hall–Kier alpha value is -2.05. The van der Waals surface area contributed by atoms with Gasteiger partial charge in [0.2, 0.25) is 0 Å². The Morgan fingerprint density at radius 1 is 1.12 bits per heavy atom. The summed E-state index contributed by atoms with van der Waals surface area (Å²) in [5.41, 5.74) is 0. The van der Waals surface area contributed by atoms with Crippen LogP contribution in [0.1, 0.15) is 6.92 Å². The molecule has 0 unspecified atom stereocenters. The molecule has 96 valence electrons. The summed E-state index contributed by atoms with van der Waals surface area (Å²) >= 11 is 0. The molecule has 0 bridgehead atoms. The van der Waals surface area contributed by atoms with E-state index >= 15 is 0 Å². The fourth-order valence-electron chi connectivity index (χ4n) is 0.734. The van der Waals surface area contributed by atoms with Crippen molar-refractivity contribution in [1.29, 1.82) is 0 Å². The number of carbonyl (C=O) groups is 3. The molecule has 0 saturated carbocycles. The average Bonchev–Trinajstić information content (AvgIpc) is 2.29. The molecule has 0 spiro atoms. The lowest BCUT2D eigenvalue weighted by Crippen LogP contribution is -2.29. The van der Waals surface area contributed by atoms with Crippen LogP contribution in [-0.4, -0.2) is 44.4 Å². The molecule has 0 fully saturated rings. The third-order valence-electron chi connectivity index (χ3n) is 1.40. The quantitative estimate of drug-likeness (QED) is 0.294. The summed E-state index contributed by atoms with van der Waals surface area (Å²) in [6.45, 7) is 4.61. The molecule has 0 saturated heterocycles. The second kappa shape index (κ2) is 9.20. The van der Waals surface area contributed by atoms with E-state index in [1.807, 2.05) is 0 Å². The van der Waals surface area contributed by atoms with E-state index in [2.05, 4.69) is 26.1 Å². The van der Waals surface area contributed by atoms with Crippen molar-refractivity contribution in [3.8, 4) is 0 Å². The second-order valence-electron chi connectivity index (χ2n) is 2.77. The standard InChI is InChI=1S/C10H15NO6/c1-3-9(13)16-5-4-11-10(14)17-7-6-15-8(2)12/h3H,1,4-7H2,2H3,(H,11,14). The van der Waals surface area contributed by atoms with Crippen molar-refractivity contribution < 1.29 is 28.6 Å². The Kier molecular flexibility index (Phi) is 8.09. The monoisotopic (exact) mass is 245 g/mol. The van der Waals surface area contributed by atoms with E-state index < -0.39 is 18.0 Å². The maximum absolute atomic E-state index is 11.0. The van der Waals surface area contributed by atoms with Gasteiger partial charge in [-0.1, -0.05) is 6.58 Å². The molecule has 7 heteroatoms. The Balaban J connectivity index is 3.37. The van der Waals surface area contributed by atoms with Crippen molar-refractivity contribution in [3.05, 3.63) is 12.7 Å². The molecule has 0 aromatic carbocycles. The van der Waals surface area contributed by atoms with Crippen LogP contribution < -0.4 is 5.32 Å². The molecule has 0 aliphatic carbocycles. The molecule has 0 aromatic heterocycles. The van der Waals surface area contributed by atoms with E-state index in [1.165, 1.54) is 6.92 Å². The predicted octanol–water partition coefficient (Wildman–Crippen LogP) is 0.00490. The number of rotatable bonds is 7. The van der Waals surface area contributed by atoms with Gasteiger partial charge >= 0.3 is 18.0 Å². The molecule has 1 N–H and O–H groups in total. The number of esters is 2. The molecule has 0 aliphatic heterocycles. The van der Waals surface area contributed by atoms with Gasteiger partial charge in [-0.05, 0) is 0 Å². The zero-order chi connectivity index (χ0) is 13.1. The van der Waals surface area contributed by atoms with Gasteiger partial charge in [-0.2, -0.15) is 0 Å². The molecule has 7 nitrogen and oxygen atoms in total. The first kappa shape index (κ1) is 14.9. The number of amides is 1. The summed E-state index contributed by atoms with van der Waals surface area (Å²) in [7, 11) is 0. The van der Waals surface area contributed by atoms with E-state index in [9.17, 15) is 14.4 Å². The number of hydrogen-bond acceptors (Lipinski definition) is 6. The summed E-state index contributed by atoms with van der Waals surface area (Å²) in [5, 5.41) is 2.34. The van der Waals surface area contributed by atoms with Crippen molar-refractivity contribution in [2.45, 2.75) is 6.92 Å². The summed E-state index contributed by atoms with van der Waals surface area (Å²) in [4.78, 5) is 31.9. The van der Waals surface area contributed by atoms with Gasteiger partial charge in [0.25, 0.3) is 0 Å². The summed E-state index contributed by atoms with van der Waals surface area (Å²) < 4.78 is 13.8. The van der Waals surface area contributed by atoms with Gasteiger partial charge in [0.15, 0.2) is 0 Å². The van der Waals surface area contributed by atoms with Crippen LogP contribution in [0.3, 0.4) is 0 Å². The first-order valence-electron chi connectivity index (χ1n) is 4.89. The lowest BCUT2D eigenvalue weighted by molar-refractivity contribution is -0.142. The minimum absolute atomic E-state index is 0.00814. The SMILES string of the molecule is C=CC(=O)OCCNC(=O)OCCOC(C)=O. The smallest absolute Gasteiger partial charge is 0.407 e. The van der Waals surface area contributed by atoms with Crippen LogP contribution in [0.2, 0.25) is 0 Å². The van der Waals surface area contributed by atoms with Crippen molar-refractivity contribution >= 4 is 18.0 Å². The molecule has 0 radical (unpaired) electrons. The van der Waals surface area contributed by atoms with Gasteiger partial charge in [-0.25, -0.2) is 9.59 Å². The molecule has 17 heavy (non-hydrogen) atoms. The highest BCUT2D eigenvalue weighted by molar-refractivity contribution is 5.81. The largest absolute Gasteiger partial charge is 0.462 e. The van der Waals surface area contributed by atoms with E-state index in [4.69, 9.17) is 0 Å². The normalized spacial score (nSPS) is 9.00. The summed E-state index contributed by atoms with van der Waals surface area (Å²) in [6, 6.07) is 0. The van der Waals surface area contributed by atoms with Gasteiger partial charge in [0.1, 0.15) is 19.8 Å². The highest BCUT2D eigenvalue weighted by atomic mass is 16.6. The van der Waals surface area contributed by atoms with E-state index in [1.54, 1.807) is 0 Å². The Morgan fingerprint density at radius 3 is 2.35 bits per heavy atom. The van der Waals surface area contributed by atoms with E-state index in [0.29, 0.717) is 0 Å². The first-order chi connectivity index (χ1) is 8.06. The highest BCUT2D eigenvalue weighted by Gasteiger charge is 2.02. The van der Waals surface area contributed by atoms with Crippen molar-refractivity contribution in [2.24, 2.45) is 0 Å². The van der Waals surface area contributed by atoms with Crippen LogP contribution in [0.25, 0.3) is 0 Å². The third-order valence-corrected chi connectivity index (χ3v) is 1.40. The fraction of sp³-hybridized carbons (Fsp3) is 0.500. The number of alkyl carbamates (subject to hydrolysis) is 1. The summed E-state index contributed by atoms with van der Waals surface area (Å²) in [5.74, 6) is -1.000. The number of hydrogen-bond donors (Lipinski definition) is 1. The molecule has 0 aromatic rings. The molecule has 0 atom stereocenters. The lowest BCUT2D eigenvalue weighted by atomic mass is 10.6. The third kappa shape index (κ3) is 10.2. The van der Waals surface area contributed by atoms with E-state index in [0.717, 1.165) is 6.08 Å². The Morgan fingerprint density at radius 2 is 1.76 bits per heavy atom. The van der Waals surface area contributed by atoms with Crippen LogP contribution in [0.5, 0.6) is 0 Å². The van der Waals surface area contributed by atoms with Crippen molar-refractivity contribution in [2.75, 3.05) is 26.4 Å². The molecule has 0 aliphatic rings.